The highest BCUT2D eigenvalue weighted by molar-refractivity contribution is 7.90. The van der Waals surface area contributed by atoms with Gasteiger partial charge in [0.2, 0.25) is 0 Å². The molecule has 62 heavy (non-hydrogen) atoms. The van der Waals surface area contributed by atoms with Crippen LogP contribution < -0.4 is 19.7 Å². The average Bonchev–Trinajstić information content (AvgIpc) is 3.72. The maximum atomic E-state index is 13.9. The van der Waals surface area contributed by atoms with Crippen LogP contribution in [0.3, 0.4) is 0 Å². The number of H-pyrrole nitrogens is 1. The lowest BCUT2D eigenvalue weighted by molar-refractivity contribution is -0.384. The molecule has 8 rings (SSSR count). The number of pyridine rings is 1. The van der Waals surface area contributed by atoms with E-state index >= 15 is 0 Å². The quantitative estimate of drug-likeness (QED) is 0.0766. The van der Waals surface area contributed by atoms with Gasteiger partial charge in [0.05, 0.1) is 47.5 Å². The first kappa shape index (κ1) is 43.1. The molecule has 0 spiro atoms. The number of sulfonamides is 1. The summed E-state index contributed by atoms with van der Waals surface area (Å²) in [6.07, 6.45) is 6.12. The topological polar surface area (TPSA) is 181 Å². The molecule has 17 heteroatoms. The van der Waals surface area contributed by atoms with Crippen LogP contribution in [0.4, 0.5) is 17.1 Å². The number of anilines is 2. The Morgan fingerprint density at radius 1 is 1.08 bits per heavy atom. The number of piperazine rings is 1. The number of aromatic amines is 1. The summed E-state index contributed by atoms with van der Waals surface area (Å²) in [5.74, 6) is -0.516. The number of nitro benzene ring substituents is 1. The minimum atomic E-state index is -4.59. The molecule has 1 amide bonds. The van der Waals surface area contributed by atoms with E-state index in [4.69, 9.17) is 25.8 Å². The van der Waals surface area contributed by atoms with Crippen LogP contribution in [-0.2, 0) is 19.5 Å². The maximum Gasteiger partial charge on any atom is 0.293 e. The summed E-state index contributed by atoms with van der Waals surface area (Å²) in [5.41, 5.74) is 5.32. The van der Waals surface area contributed by atoms with Gasteiger partial charge in [-0.25, -0.2) is 18.1 Å². The second-order valence-corrected chi connectivity index (χ2v) is 19.0. The van der Waals surface area contributed by atoms with Gasteiger partial charge in [0, 0.05) is 73.2 Å². The van der Waals surface area contributed by atoms with Crippen molar-refractivity contribution >= 4 is 61.2 Å². The van der Waals surface area contributed by atoms with Gasteiger partial charge in [-0.2, -0.15) is 0 Å². The maximum absolute atomic E-state index is 13.9. The van der Waals surface area contributed by atoms with Crippen molar-refractivity contribution in [3.63, 3.8) is 0 Å². The predicted octanol–water partition coefficient (Wildman–Crippen LogP) is 8.04. The van der Waals surface area contributed by atoms with Gasteiger partial charge in [0.25, 0.3) is 21.6 Å². The number of carbonyl (C=O) groups is 1. The van der Waals surface area contributed by atoms with Gasteiger partial charge >= 0.3 is 0 Å². The Bertz CT molecular complexity index is 2610. The zero-order chi connectivity index (χ0) is 43.6. The van der Waals surface area contributed by atoms with E-state index in [0.29, 0.717) is 44.3 Å². The van der Waals surface area contributed by atoms with Crippen LogP contribution in [0.1, 0.15) is 56.0 Å². The summed E-state index contributed by atoms with van der Waals surface area (Å²) in [4.78, 5) is 37.1. The Balaban J connectivity index is 1.02. The Labute approximate surface area is 365 Å². The van der Waals surface area contributed by atoms with E-state index in [-0.39, 0.29) is 41.1 Å². The number of carbonyl (C=O) groups excluding carboxylic acids is 1. The third-order valence-electron chi connectivity index (χ3n) is 11.8. The lowest BCUT2D eigenvalue weighted by atomic mass is 9.72. The molecule has 1 aliphatic carbocycles. The molecule has 2 saturated heterocycles. The number of nitro groups is 1. The largest absolute Gasteiger partial charge is 0.455 e. The number of amides is 1. The van der Waals surface area contributed by atoms with Crippen molar-refractivity contribution in [3.05, 3.63) is 117 Å². The van der Waals surface area contributed by atoms with Gasteiger partial charge in [-0.15, -0.1) is 0 Å². The molecule has 0 bridgehead atoms. The summed E-state index contributed by atoms with van der Waals surface area (Å²) in [6.45, 7) is 11.4. The molecule has 2 fully saturated rings. The average molecular weight is 884 g/mol. The highest BCUT2D eigenvalue weighted by atomic mass is 35.5. The normalized spacial score (nSPS) is 19.6. The zero-order valence-electron chi connectivity index (χ0n) is 34.9. The van der Waals surface area contributed by atoms with E-state index < -0.39 is 31.4 Å². The Morgan fingerprint density at radius 3 is 2.66 bits per heavy atom. The molecule has 0 unspecified atom stereocenters. The van der Waals surface area contributed by atoms with Gasteiger partial charge in [-0.1, -0.05) is 43.2 Å². The number of hydrogen-bond acceptors (Lipinski definition) is 12. The van der Waals surface area contributed by atoms with Crippen molar-refractivity contribution in [2.24, 2.45) is 5.41 Å². The number of allylic oxidation sites excluding steroid dienone is 1. The highest BCUT2D eigenvalue weighted by Gasteiger charge is 2.32. The molecule has 3 N–H and O–H groups in total. The van der Waals surface area contributed by atoms with E-state index in [1.54, 1.807) is 24.4 Å². The first-order chi connectivity index (χ1) is 29.7. The van der Waals surface area contributed by atoms with Gasteiger partial charge in [-0.3, -0.25) is 19.8 Å². The van der Waals surface area contributed by atoms with Crippen LogP contribution in [0.2, 0.25) is 5.02 Å². The molecule has 15 nitrogen and oxygen atoms in total. The monoisotopic (exact) mass is 883 g/mol. The Hall–Kier alpha value is -5.52. The third kappa shape index (κ3) is 9.90. The first-order valence-corrected chi connectivity index (χ1v) is 22.6. The predicted molar refractivity (Wildman–Crippen MR) is 239 cm³/mol. The fourth-order valence-electron chi connectivity index (χ4n) is 8.35. The second-order valence-electron chi connectivity index (χ2n) is 16.9. The number of fused-ring (bicyclic) bond motifs is 1. The van der Waals surface area contributed by atoms with Crippen molar-refractivity contribution < 1.29 is 32.3 Å². The smallest absolute Gasteiger partial charge is 0.293 e. The third-order valence-corrected chi connectivity index (χ3v) is 13.4. The molecule has 2 atom stereocenters. The van der Waals surface area contributed by atoms with Crippen LogP contribution in [-0.4, -0.2) is 98.8 Å². The van der Waals surface area contributed by atoms with Crippen molar-refractivity contribution in [3.8, 4) is 11.5 Å². The van der Waals surface area contributed by atoms with E-state index in [9.17, 15) is 23.3 Å². The van der Waals surface area contributed by atoms with Crippen LogP contribution in [0.25, 0.3) is 16.6 Å². The van der Waals surface area contributed by atoms with Crippen LogP contribution in [0.5, 0.6) is 11.5 Å². The minimum absolute atomic E-state index is 0.0532. The van der Waals surface area contributed by atoms with Crippen molar-refractivity contribution in [2.75, 3.05) is 62.8 Å². The van der Waals surface area contributed by atoms with Crippen LogP contribution in [0.15, 0.2) is 95.7 Å². The first-order valence-electron chi connectivity index (χ1n) is 20.7. The van der Waals surface area contributed by atoms with E-state index in [0.717, 1.165) is 54.5 Å². The molecule has 3 aliphatic rings. The number of ether oxygens (including phenoxy) is 3. The molecular weight excluding hydrogens is 834 g/mol. The van der Waals surface area contributed by atoms with E-state index in [1.165, 1.54) is 41.1 Å². The SMILES string of the molecule is C[C@H]1CN(c2ccc(C(=O)NS(=O)(=O)c3ccc(NC[C@H]4COCCO4)c([N+](=O)[O-])c3)c(Oc3cnc4[nH]ccc4c3)c2)CCN1CC1=C(c2ccc(Cl)cc2)CC(C)(C)CC1. The molecule has 2 aliphatic heterocycles. The molecule has 0 saturated carbocycles. The minimum Gasteiger partial charge on any atom is -0.455 e. The number of nitrogens with one attached hydrogen (secondary N) is 3. The standard InChI is InChI=1S/C45H50ClN7O8S/c1-29-26-52(17-16-51(29)27-32-12-14-45(2,3)23-39(32)30-4-6-33(46)7-5-30)34-8-10-38(42(21-34)61-35-20-31-13-15-47-43(31)49-24-35)44(54)50-62(57,58)37-9-11-40(41(22-37)53(55)56)48-25-36-28-59-18-19-60-36/h4-11,13,15,20-22,24,29,36,48H,12,14,16-19,23,25-28H2,1-3H3,(H,47,49)(H,50,54)/t29-,36-/m0/s1. The van der Waals surface area contributed by atoms with Gasteiger partial charge in [0.1, 0.15) is 22.8 Å². The molecule has 326 valence electrons. The van der Waals surface area contributed by atoms with E-state index in [1.807, 2.05) is 18.2 Å². The van der Waals surface area contributed by atoms with Crippen molar-refractivity contribution in [1.29, 1.82) is 0 Å². The summed E-state index contributed by atoms with van der Waals surface area (Å²) < 4.78 is 46.8. The lowest BCUT2D eigenvalue weighted by Crippen LogP contribution is -2.52. The molecule has 0 radical (unpaired) electrons. The number of hydrogen-bond donors (Lipinski definition) is 3. The summed E-state index contributed by atoms with van der Waals surface area (Å²) in [6, 6.07) is 20.4. The highest BCUT2D eigenvalue weighted by Crippen LogP contribution is 2.44. The van der Waals surface area contributed by atoms with Crippen LogP contribution in [0, 0.1) is 15.5 Å². The molecule has 3 aromatic carbocycles. The molecule has 2 aromatic heterocycles. The van der Waals surface area contributed by atoms with Gasteiger partial charge < -0.3 is 29.4 Å². The number of aromatic nitrogens is 2. The number of benzene rings is 3. The summed E-state index contributed by atoms with van der Waals surface area (Å²) in [5, 5.41) is 16.5. The molecule has 5 aromatic rings. The van der Waals surface area contributed by atoms with Crippen LogP contribution >= 0.6 is 11.6 Å². The van der Waals surface area contributed by atoms with E-state index in [2.05, 4.69) is 62.7 Å². The summed E-state index contributed by atoms with van der Waals surface area (Å²) >= 11 is 6.25. The van der Waals surface area contributed by atoms with Gasteiger partial charge in [0.15, 0.2) is 0 Å². The fraction of sp³-hybridized carbons (Fsp3) is 0.378. The second kappa shape index (κ2) is 18.1. The molecular formula is C45H50ClN7O8S. The molecule has 4 heterocycles. The Morgan fingerprint density at radius 2 is 1.90 bits per heavy atom. The zero-order valence-corrected chi connectivity index (χ0v) is 36.4. The van der Waals surface area contributed by atoms with Gasteiger partial charge in [-0.05, 0) is 91.3 Å². The summed E-state index contributed by atoms with van der Waals surface area (Å²) in [7, 11) is -4.59. The fourth-order valence-corrected chi connectivity index (χ4v) is 9.46. The van der Waals surface area contributed by atoms with Crippen molar-refractivity contribution in [2.45, 2.75) is 57.1 Å². The number of halogens is 1. The lowest BCUT2D eigenvalue weighted by Gasteiger charge is -2.43. The Kier molecular flexibility index (Phi) is 12.6. The van der Waals surface area contributed by atoms with Crippen molar-refractivity contribution in [1.82, 2.24) is 19.6 Å². The number of nitrogens with zero attached hydrogens (tertiary/aromatic N) is 4. The number of rotatable bonds is 13.